The highest BCUT2D eigenvalue weighted by atomic mass is 35.5. The normalized spacial score (nSPS) is 24.2. The van der Waals surface area contributed by atoms with Crippen molar-refractivity contribution in [1.29, 1.82) is 0 Å². The van der Waals surface area contributed by atoms with Crippen LogP contribution in [-0.4, -0.2) is 105 Å². The number of hydrogen-bond acceptors (Lipinski definition) is 10. The molecular formula is C39H52ClN7O8. The summed E-state index contributed by atoms with van der Waals surface area (Å²) >= 11 is 6.84. The van der Waals surface area contributed by atoms with Crippen LogP contribution >= 0.6 is 11.6 Å². The number of ketones is 1. The van der Waals surface area contributed by atoms with Gasteiger partial charge in [-0.2, -0.15) is 0 Å². The molecule has 0 bridgehead atoms. The van der Waals surface area contributed by atoms with E-state index in [2.05, 4.69) is 31.2 Å². The minimum Gasteiger partial charge on any atom is -0.497 e. The summed E-state index contributed by atoms with van der Waals surface area (Å²) in [6.07, 6.45) is 16.8. The number of ether oxygens (including phenoxy) is 2. The molecule has 1 aromatic rings. The maximum atomic E-state index is 14.3. The summed E-state index contributed by atoms with van der Waals surface area (Å²) in [7, 11) is 1.53. The number of amides is 5. The van der Waals surface area contributed by atoms with E-state index >= 15 is 0 Å². The zero-order valence-electron chi connectivity index (χ0n) is 31.8. The van der Waals surface area contributed by atoms with Gasteiger partial charge in [0, 0.05) is 24.9 Å². The third kappa shape index (κ3) is 10.9. The van der Waals surface area contributed by atoms with Gasteiger partial charge in [0.2, 0.25) is 23.5 Å². The molecule has 6 atom stereocenters. The fourth-order valence-corrected chi connectivity index (χ4v) is 7.29. The molecule has 2 unspecified atom stereocenters. The first-order valence-electron chi connectivity index (χ1n) is 19.1. The minimum absolute atomic E-state index is 0.0350. The number of allylic oxidation sites excluding steroid dienone is 4. The molecule has 15 nitrogen and oxygen atoms in total. The SMILES string of the molecule is CCC[C@H](NC(=O)[C@@H]1C[C@@H](OC2=CC=C(OC)C=CC2(C)Cl)CN1C(=O)[C@H](C)NC(=O)C(NC(=O)c1cnccn1)C1CCCCC1)C(=O)C(=O)NC1CC1. The highest BCUT2D eigenvalue weighted by Gasteiger charge is 2.45. The Hall–Kier alpha value is -4.79. The Labute approximate surface area is 326 Å². The van der Waals surface area contributed by atoms with E-state index in [1.807, 2.05) is 6.92 Å². The largest absolute Gasteiger partial charge is 0.497 e. The van der Waals surface area contributed by atoms with Crippen LogP contribution < -0.4 is 21.3 Å². The zero-order valence-corrected chi connectivity index (χ0v) is 32.6. The van der Waals surface area contributed by atoms with Gasteiger partial charge in [0.1, 0.15) is 46.3 Å². The van der Waals surface area contributed by atoms with Gasteiger partial charge in [-0.3, -0.25) is 33.8 Å². The summed E-state index contributed by atoms with van der Waals surface area (Å²) in [5, 5.41) is 11.0. The van der Waals surface area contributed by atoms with Crippen molar-refractivity contribution in [2.45, 2.75) is 126 Å². The van der Waals surface area contributed by atoms with E-state index < -0.39 is 70.5 Å². The van der Waals surface area contributed by atoms with Crippen LogP contribution in [0.1, 0.15) is 95.5 Å². The first-order chi connectivity index (χ1) is 26.3. The Morgan fingerprint density at radius 1 is 1.02 bits per heavy atom. The maximum absolute atomic E-state index is 14.3. The van der Waals surface area contributed by atoms with Gasteiger partial charge in [-0.05, 0) is 70.1 Å². The van der Waals surface area contributed by atoms with E-state index in [1.165, 1.54) is 37.5 Å². The number of carbonyl (C=O) groups is 6. The van der Waals surface area contributed by atoms with Crippen molar-refractivity contribution in [2.75, 3.05) is 13.7 Å². The Morgan fingerprint density at radius 2 is 1.76 bits per heavy atom. The number of Topliss-reactive ketones (excluding diaryl/α,β-unsaturated/α-hetero) is 1. The van der Waals surface area contributed by atoms with Crippen molar-refractivity contribution in [3.05, 3.63) is 60.1 Å². The summed E-state index contributed by atoms with van der Waals surface area (Å²) in [6.45, 7) is 5.05. The molecule has 55 heavy (non-hydrogen) atoms. The van der Waals surface area contributed by atoms with Crippen LogP contribution in [0.25, 0.3) is 0 Å². The van der Waals surface area contributed by atoms with Gasteiger partial charge in [0.25, 0.3) is 11.8 Å². The van der Waals surface area contributed by atoms with Crippen LogP contribution in [0.2, 0.25) is 0 Å². The molecular weight excluding hydrogens is 730 g/mol. The quantitative estimate of drug-likeness (QED) is 0.143. The third-order valence-corrected chi connectivity index (χ3v) is 10.7. The summed E-state index contributed by atoms with van der Waals surface area (Å²) in [5.74, 6) is -3.06. The standard InChI is InChI=1S/C39H52ClN7O8/c1-5-9-28(33(48)37(52)44-25-12-13-25)45-35(50)30-20-27(55-31-15-14-26(54-4)16-17-39(31,3)40)22-47(30)38(53)23(2)43-36(51)32(24-10-7-6-8-11-24)46-34(49)29-21-41-18-19-42-29/h14-19,21,23-25,27-28,30,32H,5-13,20,22H2,1-4H3,(H,43,51)(H,44,52)(H,45,50)(H,46,49)/t23-,27+,28-,30-,32?,39?/m0/s1. The summed E-state index contributed by atoms with van der Waals surface area (Å²) in [6, 6.07) is -4.32. The van der Waals surface area contributed by atoms with Crippen LogP contribution in [-0.2, 0) is 33.4 Å². The molecule has 2 saturated carbocycles. The van der Waals surface area contributed by atoms with Crippen molar-refractivity contribution in [3.8, 4) is 0 Å². The van der Waals surface area contributed by atoms with Crippen molar-refractivity contribution in [3.63, 3.8) is 0 Å². The topological polar surface area (TPSA) is 198 Å². The lowest BCUT2D eigenvalue weighted by atomic mass is 9.83. The smallest absolute Gasteiger partial charge is 0.289 e. The van der Waals surface area contributed by atoms with Gasteiger partial charge in [-0.15, -0.1) is 11.6 Å². The number of hydrogen-bond donors (Lipinski definition) is 4. The number of alkyl halides is 1. The summed E-state index contributed by atoms with van der Waals surface area (Å²) in [5.41, 5.74) is 0.0586. The van der Waals surface area contributed by atoms with Gasteiger partial charge in [-0.1, -0.05) is 38.7 Å². The number of aromatic nitrogens is 2. The van der Waals surface area contributed by atoms with Gasteiger partial charge in [0.05, 0.1) is 25.9 Å². The molecule has 0 aromatic carbocycles. The fourth-order valence-electron chi connectivity index (χ4n) is 7.12. The number of rotatable bonds is 16. The second-order valence-corrected chi connectivity index (χ2v) is 15.6. The molecule has 1 saturated heterocycles. The summed E-state index contributed by atoms with van der Waals surface area (Å²) in [4.78, 5) is 89.5. The predicted octanol–water partition coefficient (Wildman–Crippen LogP) is 2.76. The van der Waals surface area contributed by atoms with Crippen LogP contribution in [0.15, 0.2) is 54.4 Å². The highest BCUT2D eigenvalue weighted by molar-refractivity contribution is 6.38. The molecule has 5 rings (SSSR count). The van der Waals surface area contributed by atoms with Crippen LogP contribution in [0.5, 0.6) is 0 Å². The average Bonchev–Trinajstić information content (AvgIpc) is 3.92. The van der Waals surface area contributed by atoms with E-state index in [-0.39, 0.29) is 37.0 Å². The lowest BCUT2D eigenvalue weighted by Crippen LogP contribution is -2.58. The van der Waals surface area contributed by atoms with E-state index in [0.717, 1.165) is 44.9 Å². The second-order valence-electron chi connectivity index (χ2n) is 14.8. The molecule has 16 heteroatoms. The Balaban J connectivity index is 1.35. The van der Waals surface area contributed by atoms with Crippen LogP contribution in [0.3, 0.4) is 0 Å². The molecule has 1 aromatic heterocycles. The number of carbonyl (C=O) groups excluding carboxylic acids is 6. The molecule has 2 heterocycles. The van der Waals surface area contributed by atoms with Gasteiger partial charge < -0.3 is 35.6 Å². The van der Waals surface area contributed by atoms with Crippen LogP contribution in [0, 0.1) is 5.92 Å². The van der Waals surface area contributed by atoms with Crippen molar-refractivity contribution < 1.29 is 38.2 Å². The Morgan fingerprint density at radius 3 is 2.42 bits per heavy atom. The minimum atomic E-state index is -1.12. The highest BCUT2D eigenvalue weighted by Crippen LogP contribution is 2.34. The first-order valence-corrected chi connectivity index (χ1v) is 19.5. The van der Waals surface area contributed by atoms with Gasteiger partial charge in [-0.25, -0.2) is 4.98 Å². The fraction of sp³-hybridized carbons (Fsp3) is 0.590. The van der Waals surface area contributed by atoms with E-state index in [9.17, 15) is 28.8 Å². The number of methoxy groups -OCH3 is 1. The zero-order chi connectivity index (χ0) is 39.7. The first kappa shape index (κ1) is 41.4. The maximum Gasteiger partial charge on any atom is 0.289 e. The average molecular weight is 782 g/mol. The van der Waals surface area contributed by atoms with Crippen molar-refractivity contribution in [2.24, 2.45) is 5.92 Å². The molecule has 4 aliphatic rings. The third-order valence-electron chi connectivity index (χ3n) is 10.4. The number of halogens is 1. The molecule has 298 valence electrons. The van der Waals surface area contributed by atoms with E-state index in [4.69, 9.17) is 21.1 Å². The molecule has 0 spiro atoms. The number of nitrogens with zero attached hydrogens (tertiary/aromatic N) is 3. The molecule has 0 radical (unpaired) electrons. The Bertz CT molecular complexity index is 1690. The summed E-state index contributed by atoms with van der Waals surface area (Å²) < 4.78 is 11.7. The lowest BCUT2D eigenvalue weighted by Gasteiger charge is -2.32. The monoisotopic (exact) mass is 781 g/mol. The number of nitrogens with one attached hydrogen (secondary N) is 4. The van der Waals surface area contributed by atoms with Crippen molar-refractivity contribution >= 4 is 46.9 Å². The van der Waals surface area contributed by atoms with Crippen LogP contribution in [0.4, 0.5) is 0 Å². The predicted molar refractivity (Wildman–Crippen MR) is 202 cm³/mol. The second kappa shape index (κ2) is 18.7. The van der Waals surface area contributed by atoms with E-state index in [0.29, 0.717) is 17.9 Å². The Kier molecular flexibility index (Phi) is 14.1. The molecule has 1 aliphatic heterocycles. The molecule has 3 aliphatic carbocycles. The van der Waals surface area contributed by atoms with Crippen molar-refractivity contribution in [1.82, 2.24) is 36.1 Å². The van der Waals surface area contributed by atoms with Gasteiger partial charge in [0.15, 0.2) is 0 Å². The lowest BCUT2D eigenvalue weighted by molar-refractivity contribution is -0.143. The van der Waals surface area contributed by atoms with Gasteiger partial charge >= 0.3 is 0 Å². The van der Waals surface area contributed by atoms with E-state index in [1.54, 1.807) is 31.2 Å². The molecule has 4 N–H and O–H groups in total. The molecule has 5 amide bonds. The number of likely N-dealkylation sites (tertiary alicyclic amines) is 1. The molecule has 3 fully saturated rings.